The number of nitrogens with zero attached hydrogens (tertiary/aromatic N) is 3. The Bertz CT molecular complexity index is 1050. The van der Waals surface area contributed by atoms with Crippen molar-refractivity contribution in [2.75, 3.05) is 26.3 Å². The van der Waals surface area contributed by atoms with Crippen molar-refractivity contribution in [3.63, 3.8) is 0 Å². The average Bonchev–Trinajstić information content (AvgIpc) is 3.14. The highest BCUT2D eigenvalue weighted by molar-refractivity contribution is 8.16. The number of amidine groups is 1. The molecule has 1 fully saturated rings. The average molecular weight is 490 g/mol. The van der Waals surface area contributed by atoms with Crippen molar-refractivity contribution in [1.82, 2.24) is 9.80 Å². The van der Waals surface area contributed by atoms with Gasteiger partial charge in [0.1, 0.15) is 5.60 Å². The van der Waals surface area contributed by atoms with Crippen LogP contribution in [0.4, 0.5) is 0 Å². The van der Waals surface area contributed by atoms with Crippen LogP contribution in [0.25, 0.3) is 0 Å². The summed E-state index contributed by atoms with van der Waals surface area (Å²) >= 11 is 7.78. The maximum Gasteiger partial charge on any atom is 0.338 e. The topological polar surface area (TPSA) is 71.4 Å². The molecular formula is C24H28ClN3O4S. The van der Waals surface area contributed by atoms with Gasteiger partial charge in [0.25, 0.3) is 0 Å². The number of esters is 1. The predicted octanol–water partition coefficient (Wildman–Crippen LogP) is 4.51. The van der Waals surface area contributed by atoms with Gasteiger partial charge in [0.15, 0.2) is 5.17 Å². The van der Waals surface area contributed by atoms with Gasteiger partial charge in [-0.25, -0.2) is 9.79 Å². The number of morpholine rings is 1. The molecule has 1 amide bonds. The predicted molar refractivity (Wildman–Crippen MR) is 130 cm³/mol. The first kappa shape index (κ1) is 23.9. The Hall–Kier alpha value is -2.29. The standard InChI is InChI=1S/C24H28ClN3O4S/c1-15-20(22(30)32-24(2,3)4)21(16-6-5-7-17(25)12-16)28-18(14-33-23(28)26-15)13-19(29)27-8-10-31-11-9-27/h5-7,12,14,21H,8-11,13H2,1-4H3. The second-order valence-electron chi connectivity index (χ2n) is 9.12. The molecule has 1 saturated heterocycles. The number of rotatable bonds is 4. The van der Waals surface area contributed by atoms with Gasteiger partial charge < -0.3 is 19.3 Å². The zero-order chi connectivity index (χ0) is 23.8. The molecule has 1 aromatic rings. The first-order chi connectivity index (χ1) is 15.6. The summed E-state index contributed by atoms with van der Waals surface area (Å²) in [4.78, 5) is 34.8. The molecule has 1 aromatic carbocycles. The summed E-state index contributed by atoms with van der Waals surface area (Å²) in [5.74, 6) is -0.398. The first-order valence-electron chi connectivity index (χ1n) is 10.9. The highest BCUT2D eigenvalue weighted by Crippen LogP contribution is 2.45. The molecule has 3 aliphatic rings. The molecule has 0 saturated carbocycles. The van der Waals surface area contributed by atoms with Crippen LogP contribution in [0.3, 0.4) is 0 Å². The number of halogens is 1. The summed E-state index contributed by atoms with van der Waals surface area (Å²) in [5, 5.41) is 3.24. The lowest BCUT2D eigenvalue weighted by molar-refractivity contribution is -0.150. The fourth-order valence-corrected chi connectivity index (χ4v) is 5.20. The van der Waals surface area contributed by atoms with Gasteiger partial charge in [-0.05, 0) is 50.8 Å². The lowest BCUT2D eigenvalue weighted by Crippen LogP contribution is -2.42. The first-order valence-corrected chi connectivity index (χ1v) is 12.2. The molecule has 3 aliphatic heterocycles. The molecule has 1 unspecified atom stereocenters. The summed E-state index contributed by atoms with van der Waals surface area (Å²) in [5.41, 5.74) is 2.03. The van der Waals surface area contributed by atoms with E-state index in [9.17, 15) is 9.59 Å². The molecular weight excluding hydrogens is 462 g/mol. The van der Waals surface area contributed by atoms with Crippen molar-refractivity contribution >= 4 is 40.4 Å². The van der Waals surface area contributed by atoms with Gasteiger partial charge in [-0.2, -0.15) is 0 Å². The van der Waals surface area contributed by atoms with Crippen LogP contribution in [-0.2, 0) is 19.1 Å². The van der Waals surface area contributed by atoms with E-state index in [4.69, 9.17) is 26.1 Å². The van der Waals surface area contributed by atoms with Crippen LogP contribution in [0.5, 0.6) is 0 Å². The maximum atomic E-state index is 13.3. The third-order valence-electron chi connectivity index (χ3n) is 5.48. The number of carbonyl (C=O) groups excluding carboxylic acids is 2. The maximum absolute atomic E-state index is 13.3. The van der Waals surface area contributed by atoms with E-state index in [1.54, 1.807) is 6.07 Å². The number of carbonyl (C=O) groups is 2. The van der Waals surface area contributed by atoms with E-state index in [0.29, 0.717) is 42.6 Å². The summed E-state index contributed by atoms with van der Waals surface area (Å²) in [6, 6.07) is 6.93. The largest absolute Gasteiger partial charge is 0.456 e. The number of aliphatic imine (C=N–C) groups is 1. The molecule has 7 nitrogen and oxygen atoms in total. The van der Waals surface area contributed by atoms with E-state index in [-0.39, 0.29) is 12.3 Å². The SMILES string of the molecule is CC1=C(C(=O)OC(C)(C)C)C(c2cccc(Cl)c2)N2C(CC(=O)N3CCOCC3)=CSC2=N1. The van der Waals surface area contributed by atoms with E-state index >= 15 is 0 Å². The molecule has 0 aromatic heterocycles. The van der Waals surface area contributed by atoms with E-state index in [2.05, 4.69) is 0 Å². The van der Waals surface area contributed by atoms with Gasteiger partial charge in [0, 0.05) is 23.8 Å². The molecule has 4 rings (SSSR count). The molecule has 0 spiro atoms. The van der Waals surface area contributed by atoms with Crippen LogP contribution in [0.1, 0.15) is 45.7 Å². The minimum absolute atomic E-state index is 0.0290. The lowest BCUT2D eigenvalue weighted by atomic mass is 9.93. The monoisotopic (exact) mass is 489 g/mol. The van der Waals surface area contributed by atoms with Crippen LogP contribution < -0.4 is 0 Å². The van der Waals surface area contributed by atoms with E-state index in [0.717, 1.165) is 16.4 Å². The quantitative estimate of drug-likeness (QED) is 0.580. The van der Waals surface area contributed by atoms with Gasteiger partial charge in [-0.3, -0.25) is 4.79 Å². The molecule has 0 radical (unpaired) electrons. The number of benzene rings is 1. The van der Waals surface area contributed by atoms with Crippen molar-refractivity contribution in [2.24, 2.45) is 4.99 Å². The highest BCUT2D eigenvalue weighted by atomic mass is 35.5. The number of allylic oxidation sites excluding steroid dienone is 1. The summed E-state index contributed by atoms with van der Waals surface area (Å²) in [7, 11) is 0. The van der Waals surface area contributed by atoms with Crippen LogP contribution in [0.15, 0.2) is 51.6 Å². The van der Waals surface area contributed by atoms with Gasteiger partial charge in [-0.1, -0.05) is 35.5 Å². The number of thioether (sulfide) groups is 1. The van der Waals surface area contributed by atoms with Crippen LogP contribution in [-0.4, -0.2) is 58.7 Å². The zero-order valence-corrected chi connectivity index (χ0v) is 20.8. The van der Waals surface area contributed by atoms with Crippen molar-refractivity contribution in [1.29, 1.82) is 0 Å². The molecule has 3 heterocycles. The van der Waals surface area contributed by atoms with Crippen LogP contribution in [0.2, 0.25) is 5.02 Å². The number of hydrogen-bond donors (Lipinski definition) is 0. The number of amides is 1. The fraction of sp³-hybridized carbons (Fsp3) is 0.458. The molecule has 176 valence electrons. The van der Waals surface area contributed by atoms with Crippen molar-refractivity contribution in [2.45, 2.75) is 45.8 Å². The molecule has 0 aliphatic carbocycles. The van der Waals surface area contributed by atoms with Gasteiger partial charge >= 0.3 is 5.97 Å². The van der Waals surface area contributed by atoms with E-state index < -0.39 is 17.6 Å². The second-order valence-corrected chi connectivity index (χ2v) is 10.4. The van der Waals surface area contributed by atoms with Crippen LogP contribution in [0, 0.1) is 0 Å². The highest BCUT2D eigenvalue weighted by Gasteiger charge is 2.42. The molecule has 33 heavy (non-hydrogen) atoms. The Morgan fingerprint density at radius 2 is 2.00 bits per heavy atom. The van der Waals surface area contributed by atoms with Crippen molar-refractivity contribution < 1.29 is 19.1 Å². The zero-order valence-electron chi connectivity index (χ0n) is 19.3. The Kier molecular flexibility index (Phi) is 6.88. The Morgan fingerprint density at radius 1 is 1.27 bits per heavy atom. The van der Waals surface area contributed by atoms with E-state index in [1.165, 1.54) is 11.8 Å². The van der Waals surface area contributed by atoms with E-state index in [1.807, 2.05) is 61.1 Å². The normalized spacial score (nSPS) is 20.9. The number of hydrogen-bond acceptors (Lipinski definition) is 7. The summed E-state index contributed by atoms with van der Waals surface area (Å²) in [6.07, 6.45) is 0.212. The Labute approximate surface area is 203 Å². The lowest BCUT2D eigenvalue weighted by Gasteiger charge is -2.37. The third kappa shape index (κ3) is 5.28. The molecule has 9 heteroatoms. The second kappa shape index (κ2) is 9.52. The number of fused-ring (bicyclic) bond motifs is 1. The van der Waals surface area contributed by atoms with Crippen LogP contribution >= 0.6 is 23.4 Å². The minimum atomic E-state index is -0.655. The molecule has 0 N–H and O–H groups in total. The summed E-state index contributed by atoms with van der Waals surface area (Å²) in [6.45, 7) is 9.59. The van der Waals surface area contributed by atoms with Gasteiger partial charge in [-0.15, -0.1) is 0 Å². The smallest absolute Gasteiger partial charge is 0.338 e. The minimum Gasteiger partial charge on any atom is -0.456 e. The summed E-state index contributed by atoms with van der Waals surface area (Å²) < 4.78 is 11.1. The van der Waals surface area contributed by atoms with Gasteiger partial charge in [0.05, 0.1) is 36.9 Å². The number of ether oxygens (including phenoxy) is 2. The fourth-order valence-electron chi connectivity index (χ4n) is 4.04. The van der Waals surface area contributed by atoms with Gasteiger partial charge in [0.2, 0.25) is 5.91 Å². The van der Waals surface area contributed by atoms with Crippen molar-refractivity contribution in [3.8, 4) is 0 Å². The Balaban J connectivity index is 1.71. The Morgan fingerprint density at radius 3 is 2.67 bits per heavy atom. The molecule has 0 bridgehead atoms. The van der Waals surface area contributed by atoms with Crippen molar-refractivity contribution in [3.05, 3.63) is 57.2 Å². The molecule has 1 atom stereocenters. The third-order valence-corrected chi connectivity index (χ3v) is 6.60.